The van der Waals surface area contributed by atoms with Gasteiger partial charge >= 0.3 is 27.4 Å². The molecule has 0 saturated heterocycles. The van der Waals surface area contributed by atoms with E-state index in [1.807, 2.05) is 0 Å². The van der Waals surface area contributed by atoms with Gasteiger partial charge in [-0.15, -0.1) is 5.48 Å². The Bertz CT molecular complexity index is 475. The molecule has 0 aromatic rings. The number of carbonyl (C=O) groups is 2. The van der Waals surface area contributed by atoms with Gasteiger partial charge < -0.3 is 9.57 Å². The van der Waals surface area contributed by atoms with Crippen LogP contribution in [-0.4, -0.2) is 36.9 Å². The molecule has 118 valence electrons. The summed E-state index contributed by atoms with van der Waals surface area (Å²) in [6, 6.07) is 0. The Morgan fingerprint density at radius 1 is 1.30 bits per heavy atom. The molecule has 0 rings (SSSR count). The predicted molar refractivity (Wildman–Crippen MR) is 61.1 cm³/mol. The van der Waals surface area contributed by atoms with Crippen molar-refractivity contribution >= 4 is 22.2 Å². The standard InChI is InChI=1S/C9H15F2NO7S/c1-4-8(2,3)6(13)19-12-7(14)18-5-9(10,11)20(15,16)17/h4-5H2,1-3H3,(H,12,14)(H,15,16,17). The van der Waals surface area contributed by atoms with Crippen molar-refractivity contribution in [2.75, 3.05) is 6.61 Å². The second-order valence-electron chi connectivity index (χ2n) is 4.42. The van der Waals surface area contributed by atoms with Gasteiger partial charge in [-0.25, -0.2) is 9.59 Å². The van der Waals surface area contributed by atoms with Crippen molar-refractivity contribution in [3.05, 3.63) is 0 Å². The summed E-state index contributed by atoms with van der Waals surface area (Å²) in [4.78, 5) is 26.6. The van der Waals surface area contributed by atoms with Crippen LogP contribution in [-0.2, 0) is 24.5 Å². The van der Waals surface area contributed by atoms with E-state index >= 15 is 0 Å². The fourth-order valence-corrected chi connectivity index (χ4v) is 0.832. The average Bonchev–Trinajstić information content (AvgIpc) is 2.31. The lowest BCUT2D eigenvalue weighted by Gasteiger charge is -2.19. The Morgan fingerprint density at radius 2 is 1.80 bits per heavy atom. The van der Waals surface area contributed by atoms with E-state index in [0.29, 0.717) is 6.42 Å². The molecule has 0 saturated carbocycles. The van der Waals surface area contributed by atoms with Crippen LogP contribution in [0.5, 0.6) is 0 Å². The van der Waals surface area contributed by atoms with E-state index in [0.717, 1.165) is 0 Å². The minimum Gasteiger partial charge on any atom is -0.440 e. The van der Waals surface area contributed by atoms with E-state index in [4.69, 9.17) is 4.55 Å². The molecule has 0 atom stereocenters. The Kier molecular flexibility index (Phi) is 5.84. The molecular weight excluding hydrogens is 304 g/mol. The first-order valence-corrected chi connectivity index (χ1v) is 6.76. The van der Waals surface area contributed by atoms with Crippen molar-refractivity contribution in [1.29, 1.82) is 0 Å². The molecule has 0 spiro atoms. The topological polar surface area (TPSA) is 119 Å². The van der Waals surface area contributed by atoms with Crippen LogP contribution in [0.2, 0.25) is 0 Å². The predicted octanol–water partition coefficient (Wildman–Crippen LogP) is 1.09. The van der Waals surface area contributed by atoms with Crippen molar-refractivity contribution < 1.29 is 40.9 Å². The maximum absolute atomic E-state index is 12.7. The number of amides is 1. The Balaban J connectivity index is 4.32. The summed E-state index contributed by atoms with van der Waals surface area (Å²) in [5.74, 6) is -0.835. The van der Waals surface area contributed by atoms with Gasteiger partial charge in [0.15, 0.2) is 6.61 Å². The number of halogens is 2. The molecule has 1 amide bonds. The van der Waals surface area contributed by atoms with Crippen LogP contribution in [0, 0.1) is 5.41 Å². The highest BCUT2D eigenvalue weighted by molar-refractivity contribution is 7.86. The molecule has 0 fully saturated rings. The Labute approximate surface area is 114 Å². The van der Waals surface area contributed by atoms with Crippen LogP contribution in [0.3, 0.4) is 0 Å². The molecule has 0 aliphatic carbocycles. The third kappa shape index (κ3) is 5.25. The summed E-state index contributed by atoms with van der Waals surface area (Å²) in [7, 11) is -5.70. The quantitative estimate of drug-likeness (QED) is 0.575. The number of hydrogen-bond donors (Lipinski definition) is 2. The van der Waals surface area contributed by atoms with Crippen molar-refractivity contribution in [2.45, 2.75) is 32.4 Å². The first kappa shape index (κ1) is 18.5. The van der Waals surface area contributed by atoms with Crippen LogP contribution < -0.4 is 5.48 Å². The lowest BCUT2D eigenvalue weighted by atomic mass is 9.91. The van der Waals surface area contributed by atoms with E-state index in [2.05, 4.69) is 9.57 Å². The molecule has 11 heteroatoms. The van der Waals surface area contributed by atoms with Crippen LogP contribution in [0.25, 0.3) is 0 Å². The van der Waals surface area contributed by atoms with Crippen LogP contribution in [0.15, 0.2) is 0 Å². The fourth-order valence-electron chi connectivity index (χ4n) is 0.624. The van der Waals surface area contributed by atoms with Crippen LogP contribution in [0.4, 0.5) is 13.6 Å². The van der Waals surface area contributed by atoms with Crippen molar-refractivity contribution in [3.63, 3.8) is 0 Å². The number of rotatable bonds is 5. The van der Waals surface area contributed by atoms with Gasteiger partial charge in [0.1, 0.15) is 0 Å². The number of ether oxygens (including phenoxy) is 1. The van der Waals surface area contributed by atoms with Gasteiger partial charge in [0.05, 0.1) is 5.41 Å². The second-order valence-corrected chi connectivity index (χ2v) is 5.96. The largest absolute Gasteiger partial charge is 0.440 e. The van der Waals surface area contributed by atoms with Gasteiger partial charge in [-0.3, -0.25) is 4.55 Å². The zero-order chi connectivity index (χ0) is 16.2. The number of nitrogens with one attached hydrogen (secondary N) is 1. The molecule has 0 aliphatic rings. The van der Waals surface area contributed by atoms with E-state index < -0.39 is 39.5 Å². The van der Waals surface area contributed by atoms with E-state index in [-0.39, 0.29) is 0 Å². The summed E-state index contributed by atoms with van der Waals surface area (Å²) < 4.78 is 57.7. The van der Waals surface area contributed by atoms with Gasteiger partial charge in [-0.1, -0.05) is 6.92 Å². The zero-order valence-electron chi connectivity index (χ0n) is 11.0. The maximum atomic E-state index is 12.7. The summed E-state index contributed by atoms with van der Waals surface area (Å²) in [5, 5.41) is -4.66. The van der Waals surface area contributed by atoms with Gasteiger partial charge in [-0.05, 0) is 20.3 Å². The summed E-state index contributed by atoms with van der Waals surface area (Å²) in [6.45, 7) is 2.81. The lowest BCUT2D eigenvalue weighted by molar-refractivity contribution is -0.160. The molecule has 0 aliphatic heterocycles. The first-order valence-electron chi connectivity index (χ1n) is 5.32. The maximum Gasteiger partial charge on any atom is 0.440 e. The Hall–Kier alpha value is -1.49. The summed E-state index contributed by atoms with van der Waals surface area (Å²) >= 11 is 0. The van der Waals surface area contributed by atoms with Crippen LogP contribution in [0.1, 0.15) is 27.2 Å². The fraction of sp³-hybridized carbons (Fsp3) is 0.778. The number of alkyl halides is 2. The smallest absolute Gasteiger partial charge is 0.440 e. The third-order valence-electron chi connectivity index (χ3n) is 2.41. The number of carbonyl (C=O) groups excluding carboxylic acids is 2. The van der Waals surface area contributed by atoms with Crippen molar-refractivity contribution in [2.24, 2.45) is 5.41 Å². The normalized spacial score (nSPS) is 12.7. The monoisotopic (exact) mass is 319 g/mol. The van der Waals surface area contributed by atoms with Crippen molar-refractivity contribution in [3.8, 4) is 0 Å². The van der Waals surface area contributed by atoms with Gasteiger partial charge in [0.25, 0.3) is 0 Å². The van der Waals surface area contributed by atoms with Crippen LogP contribution >= 0.6 is 0 Å². The highest BCUT2D eigenvalue weighted by Gasteiger charge is 2.45. The van der Waals surface area contributed by atoms with E-state index in [1.54, 1.807) is 6.92 Å². The summed E-state index contributed by atoms with van der Waals surface area (Å²) in [6.07, 6.45) is -1.21. The van der Waals surface area contributed by atoms with Gasteiger partial charge in [0.2, 0.25) is 0 Å². The molecule has 0 aromatic carbocycles. The third-order valence-corrected chi connectivity index (χ3v) is 3.28. The SMILES string of the molecule is CCC(C)(C)C(=O)ONC(=O)OCC(F)(F)S(=O)(=O)O. The average molecular weight is 319 g/mol. The molecule has 2 N–H and O–H groups in total. The minimum atomic E-state index is -5.70. The van der Waals surface area contributed by atoms with E-state index in [9.17, 15) is 26.8 Å². The van der Waals surface area contributed by atoms with E-state index in [1.165, 1.54) is 19.3 Å². The summed E-state index contributed by atoms with van der Waals surface area (Å²) in [5.41, 5.74) is 0.515. The second kappa shape index (κ2) is 6.31. The molecule has 0 unspecified atom stereocenters. The lowest BCUT2D eigenvalue weighted by Crippen LogP contribution is -2.39. The zero-order valence-corrected chi connectivity index (χ0v) is 11.8. The molecule has 20 heavy (non-hydrogen) atoms. The van der Waals surface area contributed by atoms with Crippen molar-refractivity contribution in [1.82, 2.24) is 5.48 Å². The molecule has 8 nitrogen and oxygen atoms in total. The molecule has 0 heterocycles. The highest BCUT2D eigenvalue weighted by Crippen LogP contribution is 2.21. The molecule has 0 bridgehead atoms. The number of hydroxylamine groups is 1. The van der Waals surface area contributed by atoms with Gasteiger partial charge in [0, 0.05) is 0 Å². The highest BCUT2D eigenvalue weighted by atomic mass is 32.2. The Morgan fingerprint density at radius 3 is 2.20 bits per heavy atom. The first-order chi connectivity index (χ1) is 8.83. The molecule has 0 radical (unpaired) electrons. The van der Waals surface area contributed by atoms with Gasteiger partial charge in [-0.2, -0.15) is 17.2 Å². The number of hydrogen-bond acceptors (Lipinski definition) is 6. The minimum absolute atomic E-state index is 0.392. The molecular formula is C9H15F2NO7S. The molecule has 0 aromatic heterocycles.